The molecule has 0 spiro atoms. The highest BCUT2D eigenvalue weighted by Gasteiger charge is 2.29. The number of fused-ring (bicyclic) bond motifs is 1. The average Bonchev–Trinajstić information content (AvgIpc) is 3.54. The van der Waals surface area contributed by atoms with Crippen LogP contribution in [-0.2, 0) is 4.79 Å². The summed E-state index contributed by atoms with van der Waals surface area (Å²) in [5.74, 6) is 0.0515. The van der Waals surface area contributed by atoms with E-state index in [0.717, 1.165) is 24.8 Å². The molecule has 7 heteroatoms. The Kier molecular flexibility index (Phi) is 5.75. The van der Waals surface area contributed by atoms with Crippen molar-refractivity contribution in [1.29, 1.82) is 0 Å². The molecule has 1 aromatic carbocycles. The van der Waals surface area contributed by atoms with E-state index < -0.39 is 5.91 Å². The molecule has 4 aromatic rings. The minimum Gasteiger partial charge on any atom is -0.366 e. The van der Waals surface area contributed by atoms with E-state index in [2.05, 4.69) is 53.4 Å². The monoisotopic (exact) mass is 413 g/mol. The topological polar surface area (TPSA) is 93.6 Å². The zero-order chi connectivity index (χ0) is 21.8. The Bertz CT molecular complexity index is 1200. The molecular formula is C24H23N5O2. The van der Waals surface area contributed by atoms with Crippen molar-refractivity contribution in [3.8, 4) is 11.1 Å². The van der Waals surface area contributed by atoms with Crippen LogP contribution in [0.25, 0.3) is 16.6 Å². The van der Waals surface area contributed by atoms with E-state index in [9.17, 15) is 9.59 Å². The molecule has 1 aliphatic carbocycles. The van der Waals surface area contributed by atoms with Crippen molar-refractivity contribution in [2.45, 2.75) is 25.8 Å². The molecule has 0 bridgehead atoms. The Labute approximate surface area is 180 Å². The highest BCUT2D eigenvalue weighted by atomic mass is 16.1. The zero-order valence-electron chi connectivity index (χ0n) is 17.2. The van der Waals surface area contributed by atoms with Gasteiger partial charge in [0.05, 0.1) is 17.3 Å². The van der Waals surface area contributed by atoms with Crippen LogP contribution in [0.1, 0.15) is 28.8 Å². The third-order valence-electron chi connectivity index (χ3n) is 5.11. The van der Waals surface area contributed by atoms with E-state index in [4.69, 9.17) is 5.73 Å². The van der Waals surface area contributed by atoms with Gasteiger partial charge in [0.1, 0.15) is 5.82 Å². The van der Waals surface area contributed by atoms with Gasteiger partial charge in [0.2, 0.25) is 12.3 Å². The fourth-order valence-electron chi connectivity index (χ4n) is 3.29. The van der Waals surface area contributed by atoms with Crippen LogP contribution in [0.15, 0.2) is 73.2 Å². The number of primary amides is 1. The van der Waals surface area contributed by atoms with Gasteiger partial charge < -0.3 is 5.73 Å². The molecule has 3 aromatic heterocycles. The molecule has 2 N–H and O–H groups in total. The molecule has 1 saturated carbocycles. The number of nitrogens with zero attached hydrogens (tertiary/aromatic N) is 4. The summed E-state index contributed by atoms with van der Waals surface area (Å²) in [6, 6.07) is 18.1. The normalized spacial score (nSPS) is 12.7. The Morgan fingerprint density at radius 2 is 1.90 bits per heavy atom. The van der Waals surface area contributed by atoms with E-state index >= 15 is 0 Å². The number of hydrogen-bond acceptors (Lipinski definition) is 4. The Hall–Kier alpha value is -4.00. The number of nitrogens with two attached hydrogens (primary N) is 1. The highest BCUT2D eigenvalue weighted by Crippen LogP contribution is 2.29. The van der Waals surface area contributed by atoms with Gasteiger partial charge in [0.25, 0.3) is 0 Å². The Morgan fingerprint density at radius 1 is 1.13 bits per heavy atom. The minimum absolute atomic E-state index is 0.273. The number of carbonyl (C=O) groups excluding carboxylic acids is 2. The summed E-state index contributed by atoms with van der Waals surface area (Å²) in [5.41, 5.74) is 10.2. The van der Waals surface area contributed by atoms with Gasteiger partial charge in [-0.15, -0.1) is 0 Å². The molecule has 156 valence electrons. The van der Waals surface area contributed by atoms with Gasteiger partial charge >= 0.3 is 0 Å². The van der Waals surface area contributed by atoms with Crippen molar-refractivity contribution in [2.24, 2.45) is 5.73 Å². The first-order chi connectivity index (χ1) is 15.1. The third kappa shape index (κ3) is 4.61. The van der Waals surface area contributed by atoms with Crippen molar-refractivity contribution in [2.75, 3.05) is 4.90 Å². The van der Waals surface area contributed by atoms with E-state index in [1.165, 1.54) is 22.9 Å². The molecule has 0 aliphatic heterocycles. The maximum Gasteiger partial charge on any atom is 0.250 e. The van der Waals surface area contributed by atoms with Crippen LogP contribution < -0.4 is 10.6 Å². The number of amides is 2. The van der Waals surface area contributed by atoms with Crippen LogP contribution in [0.2, 0.25) is 0 Å². The van der Waals surface area contributed by atoms with Crippen molar-refractivity contribution in [3.63, 3.8) is 0 Å². The molecule has 0 unspecified atom stereocenters. The average molecular weight is 413 g/mol. The maximum atomic E-state index is 10.8. The molecule has 7 nitrogen and oxygen atoms in total. The second-order valence-electron chi connectivity index (χ2n) is 7.47. The van der Waals surface area contributed by atoms with Gasteiger partial charge in [-0.3, -0.25) is 14.5 Å². The molecular weight excluding hydrogens is 390 g/mol. The summed E-state index contributed by atoms with van der Waals surface area (Å²) in [6.07, 6.45) is 8.09. The van der Waals surface area contributed by atoms with Crippen LogP contribution in [0.5, 0.6) is 0 Å². The summed E-state index contributed by atoms with van der Waals surface area (Å²) in [4.78, 5) is 27.2. The van der Waals surface area contributed by atoms with Crippen molar-refractivity contribution < 1.29 is 9.59 Å². The zero-order valence-corrected chi connectivity index (χ0v) is 17.2. The molecule has 0 radical (unpaired) electrons. The van der Waals surface area contributed by atoms with Crippen molar-refractivity contribution in [1.82, 2.24) is 14.6 Å². The summed E-state index contributed by atoms with van der Waals surface area (Å²) < 4.78 is 1.91. The molecule has 5 rings (SSSR count). The van der Waals surface area contributed by atoms with Crippen molar-refractivity contribution in [3.05, 3.63) is 84.3 Å². The molecule has 1 fully saturated rings. The third-order valence-corrected chi connectivity index (χ3v) is 5.11. The van der Waals surface area contributed by atoms with Gasteiger partial charge in [-0.1, -0.05) is 30.3 Å². The summed E-state index contributed by atoms with van der Waals surface area (Å²) in [7, 11) is 0. The first kappa shape index (κ1) is 20.3. The van der Waals surface area contributed by atoms with Crippen LogP contribution >= 0.6 is 0 Å². The van der Waals surface area contributed by atoms with Crippen LogP contribution in [0.4, 0.5) is 5.82 Å². The first-order valence-corrected chi connectivity index (χ1v) is 10.1. The number of carbonyl (C=O) groups is 2. The first-order valence-electron chi connectivity index (χ1n) is 10.1. The summed E-state index contributed by atoms with van der Waals surface area (Å²) in [5, 5.41) is 4.35. The van der Waals surface area contributed by atoms with Gasteiger partial charge in [-0.05, 0) is 55.2 Å². The van der Waals surface area contributed by atoms with Crippen molar-refractivity contribution >= 4 is 23.7 Å². The van der Waals surface area contributed by atoms with Gasteiger partial charge in [0.15, 0.2) is 0 Å². The number of anilines is 1. The summed E-state index contributed by atoms with van der Waals surface area (Å²) in [6.45, 7) is 2.10. The van der Waals surface area contributed by atoms with E-state index in [0.29, 0.717) is 11.4 Å². The smallest absolute Gasteiger partial charge is 0.250 e. The molecule has 31 heavy (non-hydrogen) atoms. The number of hydrogen-bond donors (Lipinski definition) is 1. The Morgan fingerprint density at radius 3 is 2.52 bits per heavy atom. The number of benzene rings is 1. The predicted octanol–water partition coefficient (Wildman–Crippen LogP) is 3.62. The lowest BCUT2D eigenvalue weighted by molar-refractivity contribution is -0.107. The maximum absolute atomic E-state index is 10.8. The molecule has 2 amide bonds. The summed E-state index contributed by atoms with van der Waals surface area (Å²) >= 11 is 0. The van der Waals surface area contributed by atoms with Gasteiger partial charge in [-0.25, -0.2) is 9.50 Å². The fourth-order valence-corrected chi connectivity index (χ4v) is 3.29. The minimum atomic E-state index is -0.516. The van der Waals surface area contributed by atoms with Crippen LogP contribution in [0.3, 0.4) is 0 Å². The molecule has 1 aliphatic rings. The quantitative estimate of drug-likeness (QED) is 0.506. The number of aryl methyl sites for hydroxylation is 1. The van der Waals surface area contributed by atoms with Gasteiger partial charge in [0, 0.05) is 24.0 Å². The lowest BCUT2D eigenvalue weighted by Crippen LogP contribution is -2.24. The van der Waals surface area contributed by atoms with E-state index in [1.807, 2.05) is 23.0 Å². The lowest BCUT2D eigenvalue weighted by Gasteiger charge is -2.14. The van der Waals surface area contributed by atoms with E-state index in [-0.39, 0.29) is 6.04 Å². The van der Waals surface area contributed by atoms with Gasteiger partial charge in [-0.2, -0.15) is 5.10 Å². The van der Waals surface area contributed by atoms with Crippen LogP contribution in [0, 0.1) is 6.92 Å². The molecule has 0 saturated heterocycles. The molecule has 0 atom stereocenters. The second kappa shape index (κ2) is 8.79. The standard InChI is InChI=1S/C14H12N2.C10H11N3O2/c1-11-7-8-16-14(9-11)13(10-15-16)12-5-3-2-4-6-12;11-10(15)7-1-4-9(12-5-7)13(6-14)8-2-3-8/h2-10H,1H3;1,4-6,8H,2-3H2,(H2,11,15). The molecule has 3 heterocycles. The predicted molar refractivity (Wildman–Crippen MR) is 120 cm³/mol. The van der Waals surface area contributed by atoms with E-state index in [1.54, 1.807) is 17.0 Å². The highest BCUT2D eigenvalue weighted by molar-refractivity contribution is 5.92. The van der Waals surface area contributed by atoms with Crippen LogP contribution in [-0.4, -0.2) is 33.0 Å². The SMILES string of the molecule is Cc1ccn2ncc(-c3ccccc3)c2c1.NC(=O)c1ccc(N(C=O)C2CC2)nc1. The second-order valence-corrected chi connectivity index (χ2v) is 7.47. The number of aromatic nitrogens is 3. The largest absolute Gasteiger partial charge is 0.366 e. The lowest BCUT2D eigenvalue weighted by atomic mass is 10.1. The number of rotatable bonds is 5. The fraction of sp³-hybridized carbons (Fsp3) is 0.167. The Balaban J connectivity index is 0.000000150. The number of pyridine rings is 2.